The molecule has 208 valence electrons. The number of ether oxygens (including phenoxy) is 2. The summed E-state index contributed by atoms with van der Waals surface area (Å²) in [6.07, 6.45) is -2.94. The first-order valence-electron chi connectivity index (χ1n) is 11.3. The van der Waals surface area contributed by atoms with E-state index in [-0.39, 0.29) is 46.7 Å². The molecule has 10 nitrogen and oxygen atoms in total. The van der Waals surface area contributed by atoms with Crippen LogP contribution in [0.25, 0.3) is 0 Å². The molecule has 0 aliphatic rings. The molecule has 0 bridgehead atoms. The summed E-state index contributed by atoms with van der Waals surface area (Å²) < 4.78 is 51.0. The summed E-state index contributed by atoms with van der Waals surface area (Å²) in [4.78, 5) is 37.0. The molecule has 3 N–H and O–H groups in total. The number of alkyl halides is 3. The van der Waals surface area contributed by atoms with Gasteiger partial charge in [-0.1, -0.05) is 23.9 Å². The van der Waals surface area contributed by atoms with Crippen molar-refractivity contribution in [3.63, 3.8) is 0 Å². The van der Waals surface area contributed by atoms with Crippen LogP contribution in [0.4, 0.5) is 18.2 Å². The van der Waals surface area contributed by atoms with E-state index < -0.39 is 29.5 Å². The smallest absolute Gasteiger partial charge is 0.416 e. The number of anilines is 1. The maximum absolute atomic E-state index is 13.0. The fourth-order valence-corrected chi connectivity index (χ4v) is 5.16. The van der Waals surface area contributed by atoms with Gasteiger partial charge in [0.05, 0.1) is 28.4 Å². The molecule has 0 aliphatic carbocycles. The number of halogens is 3. The van der Waals surface area contributed by atoms with Crippen molar-refractivity contribution in [2.75, 3.05) is 17.7 Å². The third-order valence-corrected chi connectivity index (χ3v) is 7.26. The average Bonchev–Trinajstić information content (AvgIpc) is 3.41. The Morgan fingerprint density at radius 1 is 1.28 bits per heavy atom. The molecule has 0 aliphatic heterocycles. The Kier molecular flexibility index (Phi) is 9.75. The lowest BCUT2D eigenvalue weighted by Gasteiger charge is -2.11. The number of rotatable bonds is 12. The van der Waals surface area contributed by atoms with E-state index in [9.17, 15) is 27.6 Å². The number of aromatic nitrogens is 3. The van der Waals surface area contributed by atoms with Gasteiger partial charge in [0.15, 0.2) is 11.0 Å². The molecule has 0 fully saturated rings. The molecule has 0 atom stereocenters. The van der Waals surface area contributed by atoms with Crippen molar-refractivity contribution < 1.29 is 37.0 Å². The van der Waals surface area contributed by atoms with Crippen molar-refractivity contribution in [2.45, 2.75) is 38.3 Å². The fraction of sp³-hybridized carbons (Fsp3) is 0.292. The minimum Gasteiger partial charge on any atom is -0.486 e. The molecule has 0 unspecified atom stereocenters. The number of benzene rings is 1. The number of thiophene rings is 1. The standard InChI is InChI=1S/C24H24F3N5O5S2/c1-4-9-32-16(11-37-15-8-6-7-14(10-15)24(25,26)27)30-31-23(32)38-12-17(33)29-21-18(22(35)36-5-2)13(3)19(39-21)20(28)34/h4,6-8,10H,1,5,9,11-12H2,2-3H3,(H2,28,34)(H,29,33). The number of carbonyl (C=O) groups is 3. The highest BCUT2D eigenvalue weighted by atomic mass is 32.2. The molecular formula is C24H24F3N5O5S2. The van der Waals surface area contributed by atoms with Crippen LogP contribution < -0.4 is 15.8 Å². The number of hydrogen-bond donors (Lipinski definition) is 2. The lowest BCUT2D eigenvalue weighted by Crippen LogP contribution is -2.17. The Morgan fingerprint density at radius 2 is 2.03 bits per heavy atom. The van der Waals surface area contributed by atoms with Crippen molar-refractivity contribution >= 4 is 45.9 Å². The zero-order valence-electron chi connectivity index (χ0n) is 20.8. The highest BCUT2D eigenvalue weighted by Gasteiger charge is 2.30. The normalized spacial score (nSPS) is 11.2. The first-order valence-corrected chi connectivity index (χ1v) is 13.1. The second-order valence-electron chi connectivity index (χ2n) is 7.79. The Bertz CT molecular complexity index is 1390. The Labute approximate surface area is 229 Å². The van der Waals surface area contributed by atoms with Crippen molar-refractivity contribution in [1.82, 2.24) is 14.8 Å². The molecule has 2 amide bonds. The van der Waals surface area contributed by atoms with Crippen LogP contribution in [0.2, 0.25) is 0 Å². The van der Waals surface area contributed by atoms with Crippen LogP contribution >= 0.6 is 23.1 Å². The van der Waals surface area contributed by atoms with Crippen LogP contribution in [0.15, 0.2) is 42.1 Å². The molecule has 3 aromatic rings. The fourth-order valence-electron chi connectivity index (χ4n) is 3.33. The minimum atomic E-state index is -4.51. The van der Waals surface area contributed by atoms with Crippen molar-refractivity contribution in [3.05, 3.63) is 64.3 Å². The maximum atomic E-state index is 13.0. The van der Waals surface area contributed by atoms with Crippen LogP contribution in [-0.4, -0.2) is 44.9 Å². The number of allylic oxidation sites excluding steroid dienone is 1. The molecule has 3 rings (SSSR count). The Morgan fingerprint density at radius 3 is 2.67 bits per heavy atom. The molecule has 0 saturated carbocycles. The van der Waals surface area contributed by atoms with Crippen molar-refractivity contribution in [1.29, 1.82) is 0 Å². The van der Waals surface area contributed by atoms with E-state index >= 15 is 0 Å². The third-order valence-electron chi connectivity index (χ3n) is 5.07. The van der Waals surface area contributed by atoms with Gasteiger partial charge in [-0.05, 0) is 37.6 Å². The predicted octanol–water partition coefficient (Wildman–Crippen LogP) is 4.44. The quantitative estimate of drug-likeness (QED) is 0.181. The summed E-state index contributed by atoms with van der Waals surface area (Å²) in [6, 6.07) is 4.45. The number of esters is 1. The van der Waals surface area contributed by atoms with Gasteiger partial charge in [-0.15, -0.1) is 28.1 Å². The second-order valence-corrected chi connectivity index (χ2v) is 9.76. The summed E-state index contributed by atoms with van der Waals surface area (Å²) in [6.45, 7) is 7.01. The molecular weight excluding hydrogens is 559 g/mol. The van der Waals surface area contributed by atoms with Crippen LogP contribution in [0.3, 0.4) is 0 Å². The van der Waals surface area contributed by atoms with Gasteiger partial charge in [0.1, 0.15) is 17.4 Å². The van der Waals surface area contributed by atoms with Crippen molar-refractivity contribution in [3.8, 4) is 5.75 Å². The van der Waals surface area contributed by atoms with Gasteiger partial charge in [0.2, 0.25) is 5.91 Å². The summed E-state index contributed by atoms with van der Waals surface area (Å²) in [5, 5.41) is 11.2. The molecule has 2 aromatic heterocycles. The number of hydrogen-bond acceptors (Lipinski definition) is 9. The van der Waals surface area contributed by atoms with E-state index in [1.807, 2.05) is 0 Å². The van der Waals surface area contributed by atoms with Crippen LogP contribution in [0.1, 0.15) is 43.9 Å². The number of nitrogens with one attached hydrogen (secondary N) is 1. The van der Waals surface area contributed by atoms with Crippen LogP contribution in [-0.2, 0) is 28.9 Å². The zero-order chi connectivity index (χ0) is 28.7. The van der Waals surface area contributed by atoms with Crippen LogP contribution in [0.5, 0.6) is 5.75 Å². The summed E-state index contributed by atoms with van der Waals surface area (Å²) in [7, 11) is 0. The molecule has 0 radical (unpaired) electrons. The van der Waals surface area contributed by atoms with E-state index in [4.69, 9.17) is 15.2 Å². The monoisotopic (exact) mass is 583 g/mol. The minimum absolute atomic E-state index is 0.00512. The van der Waals surface area contributed by atoms with Gasteiger partial charge in [0.25, 0.3) is 5.91 Å². The van der Waals surface area contributed by atoms with E-state index in [0.29, 0.717) is 16.5 Å². The lowest BCUT2D eigenvalue weighted by molar-refractivity contribution is -0.137. The average molecular weight is 584 g/mol. The maximum Gasteiger partial charge on any atom is 0.416 e. The largest absolute Gasteiger partial charge is 0.486 e. The number of thioether (sulfide) groups is 1. The highest BCUT2D eigenvalue weighted by molar-refractivity contribution is 7.99. The lowest BCUT2D eigenvalue weighted by atomic mass is 10.1. The third kappa shape index (κ3) is 7.38. The molecule has 15 heteroatoms. The highest BCUT2D eigenvalue weighted by Crippen LogP contribution is 2.34. The predicted molar refractivity (Wildman–Crippen MR) is 139 cm³/mol. The number of nitrogens with zero attached hydrogens (tertiary/aromatic N) is 3. The van der Waals surface area contributed by atoms with Gasteiger partial charge in [-0.3, -0.25) is 14.2 Å². The van der Waals surface area contributed by atoms with E-state index in [2.05, 4.69) is 22.1 Å². The topological polar surface area (TPSA) is 138 Å². The van der Waals surface area contributed by atoms with E-state index in [1.54, 1.807) is 17.6 Å². The van der Waals surface area contributed by atoms with Gasteiger partial charge >= 0.3 is 12.1 Å². The number of carbonyl (C=O) groups excluding carboxylic acids is 3. The molecule has 2 heterocycles. The molecule has 0 spiro atoms. The Balaban J connectivity index is 1.71. The van der Waals surface area contributed by atoms with Crippen LogP contribution in [0, 0.1) is 6.92 Å². The van der Waals surface area contributed by atoms with Gasteiger partial charge in [-0.2, -0.15) is 13.2 Å². The number of nitrogens with two attached hydrogens (primary N) is 1. The number of primary amides is 1. The summed E-state index contributed by atoms with van der Waals surface area (Å²) in [5.41, 5.74) is 4.91. The first kappa shape index (κ1) is 29.7. The number of amides is 2. The Hall–Kier alpha value is -3.85. The van der Waals surface area contributed by atoms with Gasteiger partial charge in [-0.25, -0.2) is 4.79 Å². The molecule has 39 heavy (non-hydrogen) atoms. The molecule has 1 aromatic carbocycles. The van der Waals surface area contributed by atoms with E-state index in [0.717, 1.165) is 35.2 Å². The molecule has 0 saturated heterocycles. The van der Waals surface area contributed by atoms with Crippen molar-refractivity contribution in [2.24, 2.45) is 5.73 Å². The second kappa shape index (κ2) is 12.8. The van der Waals surface area contributed by atoms with Gasteiger partial charge < -0.3 is 20.5 Å². The SMILES string of the molecule is C=CCn1c(COc2cccc(C(F)(F)F)c2)nnc1SCC(=O)Nc1sc(C(N)=O)c(C)c1C(=O)OCC. The first-order chi connectivity index (χ1) is 18.5. The van der Waals surface area contributed by atoms with E-state index in [1.165, 1.54) is 19.1 Å². The zero-order valence-corrected chi connectivity index (χ0v) is 22.5. The summed E-state index contributed by atoms with van der Waals surface area (Å²) >= 11 is 1.90. The summed E-state index contributed by atoms with van der Waals surface area (Å²) in [5.74, 6) is -1.77. The van der Waals surface area contributed by atoms with Gasteiger partial charge in [0, 0.05) is 6.54 Å².